The first-order valence-electron chi connectivity index (χ1n) is 6.70. The zero-order valence-electron chi connectivity index (χ0n) is 12.0. The van der Waals surface area contributed by atoms with Gasteiger partial charge in [0.1, 0.15) is 21.3 Å². The van der Waals surface area contributed by atoms with E-state index in [9.17, 15) is 14.7 Å². The molecule has 0 saturated heterocycles. The van der Waals surface area contributed by atoms with Crippen LogP contribution in [0.1, 0.15) is 26.6 Å². The smallest absolute Gasteiger partial charge is 0.346 e. The molecule has 3 aromatic rings. The number of hydrogen-bond acceptors (Lipinski definition) is 5. The number of hydrogen-bond donors (Lipinski definition) is 3. The van der Waals surface area contributed by atoms with Crippen LogP contribution in [0, 0.1) is 6.92 Å². The van der Waals surface area contributed by atoms with E-state index in [1.807, 2.05) is 0 Å². The highest BCUT2D eigenvalue weighted by Crippen LogP contribution is 2.27. The molecule has 0 radical (unpaired) electrons. The number of nitrogens with zero attached hydrogens (tertiary/aromatic N) is 1. The summed E-state index contributed by atoms with van der Waals surface area (Å²) in [5.41, 5.74) is 0.625. The minimum Gasteiger partial charge on any atom is -0.507 e. The number of rotatable bonds is 3. The van der Waals surface area contributed by atoms with Gasteiger partial charge in [-0.2, -0.15) is 0 Å². The lowest BCUT2D eigenvalue weighted by molar-refractivity contribution is 0.0701. The SMILES string of the molecule is Cc1c(C(=O)O)sc2nc(/C=C/c3ccccc3O)[nH]c(=O)c12. The third-order valence-electron chi connectivity index (χ3n) is 3.37. The Morgan fingerprint density at radius 3 is 2.74 bits per heavy atom. The van der Waals surface area contributed by atoms with Gasteiger partial charge in [0.25, 0.3) is 5.56 Å². The standard InChI is InChI=1S/C16H12N2O4S/c1-8-12-14(20)17-11(18-15(12)23-13(8)16(21)22)7-6-9-4-2-3-5-10(9)19/h2-7,19H,1H3,(H,21,22)(H,17,18,20)/b7-6+. The number of thiophene rings is 1. The highest BCUT2D eigenvalue weighted by molar-refractivity contribution is 7.20. The number of phenols is 1. The molecule has 0 saturated carbocycles. The average molecular weight is 328 g/mol. The predicted molar refractivity (Wildman–Crippen MR) is 89.0 cm³/mol. The van der Waals surface area contributed by atoms with Gasteiger partial charge < -0.3 is 15.2 Å². The Hall–Kier alpha value is -2.93. The number of H-pyrrole nitrogens is 1. The minimum absolute atomic E-state index is 0.111. The Labute approximate surface area is 134 Å². The summed E-state index contributed by atoms with van der Waals surface area (Å²) in [6, 6.07) is 6.77. The molecule has 0 aliphatic rings. The van der Waals surface area contributed by atoms with E-state index in [-0.39, 0.29) is 16.2 Å². The molecule has 0 atom stereocenters. The molecule has 7 heteroatoms. The maximum Gasteiger partial charge on any atom is 0.346 e. The lowest BCUT2D eigenvalue weighted by Crippen LogP contribution is -2.09. The van der Waals surface area contributed by atoms with Gasteiger partial charge in [0.15, 0.2) is 0 Å². The molecule has 0 amide bonds. The van der Waals surface area contributed by atoms with Gasteiger partial charge in [0, 0.05) is 5.56 Å². The summed E-state index contributed by atoms with van der Waals surface area (Å²) in [5, 5.41) is 19.1. The van der Waals surface area contributed by atoms with Gasteiger partial charge in [-0.05, 0) is 30.7 Å². The third-order valence-corrected chi connectivity index (χ3v) is 4.54. The number of benzene rings is 1. The van der Waals surface area contributed by atoms with E-state index in [0.29, 0.717) is 27.2 Å². The van der Waals surface area contributed by atoms with Gasteiger partial charge in [0.05, 0.1) is 5.39 Å². The number of nitrogens with one attached hydrogen (secondary N) is 1. The quantitative estimate of drug-likeness (QED) is 0.686. The van der Waals surface area contributed by atoms with Gasteiger partial charge in [-0.15, -0.1) is 11.3 Å². The molecular weight excluding hydrogens is 316 g/mol. The maximum absolute atomic E-state index is 12.2. The Balaban J connectivity index is 2.08. The van der Waals surface area contributed by atoms with Crippen LogP contribution in [0.4, 0.5) is 0 Å². The van der Waals surface area contributed by atoms with Crippen molar-refractivity contribution >= 4 is 39.7 Å². The maximum atomic E-state index is 12.2. The predicted octanol–water partition coefficient (Wildman–Crippen LogP) is 2.87. The van der Waals surface area contributed by atoms with Crippen molar-refractivity contribution in [3.05, 3.63) is 56.4 Å². The fourth-order valence-corrected chi connectivity index (χ4v) is 3.27. The molecule has 0 aliphatic carbocycles. The highest BCUT2D eigenvalue weighted by atomic mass is 32.1. The largest absolute Gasteiger partial charge is 0.507 e. The lowest BCUT2D eigenvalue weighted by Gasteiger charge is -1.98. The lowest BCUT2D eigenvalue weighted by atomic mass is 10.2. The summed E-state index contributed by atoms with van der Waals surface area (Å²) in [7, 11) is 0. The normalized spacial score (nSPS) is 11.3. The Morgan fingerprint density at radius 2 is 2.04 bits per heavy atom. The van der Waals surface area contributed by atoms with E-state index < -0.39 is 5.97 Å². The molecule has 2 heterocycles. The number of aromatic carboxylic acids is 1. The van der Waals surface area contributed by atoms with E-state index in [2.05, 4.69) is 9.97 Å². The number of phenolic OH excluding ortho intramolecular Hbond substituents is 1. The number of carboxylic acid groups (broad SMARTS) is 1. The van der Waals surface area contributed by atoms with Crippen molar-refractivity contribution in [3.8, 4) is 5.75 Å². The number of aromatic amines is 1. The topological polar surface area (TPSA) is 103 Å². The molecule has 2 aromatic heterocycles. The fourth-order valence-electron chi connectivity index (χ4n) is 2.24. The molecule has 23 heavy (non-hydrogen) atoms. The summed E-state index contributed by atoms with van der Waals surface area (Å²) in [6.07, 6.45) is 3.18. The first kappa shape index (κ1) is 15.0. The number of aromatic hydroxyl groups is 1. The van der Waals surface area contributed by atoms with Gasteiger partial charge >= 0.3 is 5.97 Å². The van der Waals surface area contributed by atoms with Crippen molar-refractivity contribution in [1.29, 1.82) is 0 Å². The van der Waals surface area contributed by atoms with Crippen molar-refractivity contribution in [2.75, 3.05) is 0 Å². The van der Waals surface area contributed by atoms with Crippen molar-refractivity contribution in [2.45, 2.75) is 6.92 Å². The molecule has 1 aromatic carbocycles. The van der Waals surface area contributed by atoms with Crippen molar-refractivity contribution in [1.82, 2.24) is 9.97 Å². The molecule has 0 bridgehead atoms. The van der Waals surface area contributed by atoms with E-state index in [1.165, 1.54) is 0 Å². The zero-order chi connectivity index (χ0) is 16.6. The summed E-state index contributed by atoms with van der Waals surface area (Å²) in [4.78, 5) is 30.7. The second-order valence-electron chi connectivity index (χ2n) is 4.88. The first-order valence-corrected chi connectivity index (χ1v) is 7.52. The number of fused-ring (bicyclic) bond motifs is 1. The van der Waals surface area contributed by atoms with Crippen LogP contribution < -0.4 is 5.56 Å². The number of aromatic nitrogens is 2. The average Bonchev–Trinajstić information content (AvgIpc) is 2.84. The van der Waals surface area contributed by atoms with Crippen LogP contribution >= 0.6 is 11.3 Å². The van der Waals surface area contributed by atoms with Gasteiger partial charge in [-0.1, -0.05) is 18.2 Å². The summed E-state index contributed by atoms with van der Waals surface area (Å²) in [6.45, 7) is 1.59. The summed E-state index contributed by atoms with van der Waals surface area (Å²) in [5.74, 6) is -0.660. The van der Waals surface area contributed by atoms with Gasteiger partial charge in [-0.25, -0.2) is 9.78 Å². The van der Waals surface area contributed by atoms with E-state index >= 15 is 0 Å². The number of carbonyl (C=O) groups is 1. The molecule has 0 unspecified atom stereocenters. The van der Waals surface area contributed by atoms with Crippen LogP contribution in [-0.2, 0) is 0 Å². The number of aryl methyl sites for hydroxylation is 1. The molecule has 6 nitrogen and oxygen atoms in total. The number of carboxylic acids is 1. The second-order valence-corrected chi connectivity index (χ2v) is 5.88. The Morgan fingerprint density at radius 1 is 1.30 bits per heavy atom. The minimum atomic E-state index is -1.07. The van der Waals surface area contributed by atoms with E-state index in [4.69, 9.17) is 5.11 Å². The van der Waals surface area contributed by atoms with Crippen LogP contribution in [-0.4, -0.2) is 26.2 Å². The van der Waals surface area contributed by atoms with Crippen LogP contribution in [0.15, 0.2) is 29.1 Å². The van der Waals surface area contributed by atoms with Crippen LogP contribution in [0.3, 0.4) is 0 Å². The molecule has 0 aliphatic heterocycles. The second kappa shape index (κ2) is 5.69. The highest BCUT2D eigenvalue weighted by Gasteiger charge is 2.18. The molecule has 3 rings (SSSR count). The monoisotopic (exact) mass is 328 g/mol. The van der Waals surface area contributed by atoms with E-state index in [1.54, 1.807) is 43.3 Å². The van der Waals surface area contributed by atoms with Gasteiger partial charge in [0.2, 0.25) is 0 Å². The first-order chi connectivity index (χ1) is 11.0. The van der Waals surface area contributed by atoms with Crippen LogP contribution in [0.5, 0.6) is 5.75 Å². The molecule has 0 fully saturated rings. The molecule has 116 valence electrons. The van der Waals surface area contributed by atoms with Crippen molar-refractivity contribution < 1.29 is 15.0 Å². The number of para-hydroxylation sites is 1. The Bertz CT molecular complexity index is 1000. The molecule has 3 N–H and O–H groups in total. The zero-order valence-corrected chi connectivity index (χ0v) is 12.8. The summed E-state index contributed by atoms with van der Waals surface area (Å²) >= 11 is 0.971. The van der Waals surface area contributed by atoms with Crippen molar-refractivity contribution in [2.24, 2.45) is 0 Å². The van der Waals surface area contributed by atoms with E-state index in [0.717, 1.165) is 11.3 Å². The molecule has 0 spiro atoms. The summed E-state index contributed by atoms with van der Waals surface area (Å²) < 4.78 is 0. The van der Waals surface area contributed by atoms with Crippen molar-refractivity contribution in [3.63, 3.8) is 0 Å². The van der Waals surface area contributed by atoms with Gasteiger partial charge in [-0.3, -0.25) is 4.79 Å². The Kier molecular flexibility index (Phi) is 3.71. The fraction of sp³-hybridized carbons (Fsp3) is 0.0625. The van der Waals surface area contributed by atoms with Crippen LogP contribution in [0.25, 0.3) is 22.4 Å². The van der Waals surface area contributed by atoms with Crippen LogP contribution in [0.2, 0.25) is 0 Å². The third kappa shape index (κ3) is 2.74. The molecular formula is C16H12N2O4S.